The summed E-state index contributed by atoms with van der Waals surface area (Å²) in [5.74, 6) is 0.590. The number of aromatic nitrogens is 3. The fourth-order valence-electron chi connectivity index (χ4n) is 3.49. The van der Waals surface area contributed by atoms with Gasteiger partial charge < -0.3 is 14.9 Å². The summed E-state index contributed by atoms with van der Waals surface area (Å²) in [6, 6.07) is -0.284. The van der Waals surface area contributed by atoms with Gasteiger partial charge in [0.05, 0.1) is 29.1 Å². The van der Waals surface area contributed by atoms with Crippen molar-refractivity contribution in [1.29, 1.82) is 0 Å². The van der Waals surface area contributed by atoms with Crippen molar-refractivity contribution in [2.75, 3.05) is 13.1 Å². The summed E-state index contributed by atoms with van der Waals surface area (Å²) in [4.78, 5) is 23.0. The largest absolute Gasteiger partial charge is 0.390 e. The standard InChI is InChI=1S/C19H27N5O3/c1-4-5-16-14(8-20-11-21-16)19(26)22-17-6-7-24(10-18(17)25)9-15-12(2)23-27-13(15)3/h8,11,17-18,25H,4-7,9-10H2,1-3H3,(H,22,26). The zero-order chi connectivity index (χ0) is 19.4. The van der Waals surface area contributed by atoms with Crippen LogP contribution in [0.25, 0.3) is 0 Å². The van der Waals surface area contributed by atoms with Crippen LogP contribution in [-0.2, 0) is 13.0 Å². The first-order valence-corrected chi connectivity index (χ1v) is 9.41. The fraction of sp³-hybridized carbons (Fsp3) is 0.579. The maximum Gasteiger partial charge on any atom is 0.255 e. The van der Waals surface area contributed by atoms with Crippen LogP contribution >= 0.6 is 0 Å². The average molecular weight is 373 g/mol. The molecule has 0 bridgehead atoms. The second-order valence-corrected chi connectivity index (χ2v) is 7.11. The molecule has 8 nitrogen and oxygen atoms in total. The van der Waals surface area contributed by atoms with Crippen molar-refractivity contribution in [2.45, 2.75) is 58.7 Å². The number of hydrogen-bond acceptors (Lipinski definition) is 7. The van der Waals surface area contributed by atoms with E-state index < -0.39 is 6.10 Å². The first-order chi connectivity index (χ1) is 13.0. The number of amides is 1. The van der Waals surface area contributed by atoms with Crippen LogP contribution in [0.2, 0.25) is 0 Å². The van der Waals surface area contributed by atoms with Gasteiger partial charge in [-0.1, -0.05) is 18.5 Å². The molecule has 2 aromatic rings. The minimum absolute atomic E-state index is 0.220. The van der Waals surface area contributed by atoms with E-state index in [9.17, 15) is 9.90 Å². The van der Waals surface area contributed by atoms with Gasteiger partial charge in [-0.3, -0.25) is 9.69 Å². The number of nitrogens with one attached hydrogen (secondary N) is 1. The van der Waals surface area contributed by atoms with Gasteiger partial charge in [0.2, 0.25) is 0 Å². The molecule has 8 heteroatoms. The summed E-state index contributed by atoms with van der Waals surface area (Å²) in [7, 11) is 0. The molecule has 2 unspecified atom stereocenters. The van der Waals surface area contributed by atoms with Gasteiger partial charge in [0.1, 0.15) is 12.1 Å². The molecule has 2 atom stereocenters. The fourth-order valence-corrected chi connectivity index (χ4v) is 3.49. The summed E-state index contributed by atoms with van der Waals surface area (Å²) in [5.41, 5.74) is 3.18. The lowest BCUT2D eigenvalue weighted by molar-refractivity contribution is 0.0347. The third-order valence-corrected chi connectivity index (χ3v) is 5.07. The molecule has 0 radical (unpaired) electrons. The van der Waals surface area contributed by atoms with E-state index in [2.05, 4.69) is 25.3 Å². The number of aliphatic hydroxyl groups excluding tert-OH is 1. The Hall–Kier alpha value is -2.32. The number of likely N-dealkylation sites (tertiary alicyclic amines) is 1. The predicted molar refractivity (Wildman–Crippen MR) is 99.2 cm³/mol. The van der Waals surface area contributed by atoms with Crippen LogP contribution in [-0.4, -0.2) is 56.3 Å². The van der Waals surface area contributed by atoms with Crippen molar-refractivity contribution in [3.8, 4) is 0 Å². The number of nitrogens with zero attached hydrogens (tertiary/aromatic N) is 4. The van der Waals surface area contributed by atoms with Gasteiger partial charge in [-0.25, -0.2) is 9.97 Å². The highest BCUT2D eigenvalue weighted by Gasteiger charge is 2.30. The molecule has 0 aliphatic carbocycles. The summed E-state index contributed by atoms with van der Waals surface area (Å²) >= 11 is 0. The van der Waals surface area contributed by atoms with Crippen LogP contribution < -0.4 is 5.32 Å². The Morgan fingerprint density at radius 2 is 2.26 bits per heavy atom. The van der Waals surface area contributed by atoms with Crippen molar-refractivity contribution in [2.24, 2.45) is 0 Å². The van der Waals surface area contributed by atoms with Crippen molar-refractivity contribution >= 4 is 5.91 Å². The molecule has 1 aliphatic heterocycles. The molecule has 2 N–H and O–H groups in total. The smallest absolute Gasteiger partial charge is 0.255 e. The molecule has 1 fully saturated rings. The minimum atomic E-state index is -0.637. The van der Waals surface area contributed by atoms with Gasteiger partial charge in [0, 0.05) is 31.4 Å². The van der Waals surface area contributed by atoms with Crippen molar-refractivity contribution < 1.29 is 14.4 Å². The highest BCUT2D eigenvalue weighted by molar-refractivity contribution is 5.95. The quantitative estimate of drug-likeness (QED) is 0.788. The van der Waals surface area contributed by atoms with E-state index in [1.807, 2.05) is 20.8 Å². The van der Waals surface area contributed by atoms with Gasteiger partial charge in [-0.2, -0.15) is 0 Å². The molecule has 1 amide bonds. The SMILES string of the molecule is CCCc1ncncc1C(=O)NC1CCN(Cc2c(C)noc2C)CC1O. The Labute approximate surface area is 159 Å². The summed E-state index contributed by atoms with van der Waals surface area (Å²) in [5, 5.41) is 17.5. The van der Waals surface area contributed by atoms with E-state index in [0.29, 0.717) is 25.1 Å². The monoisotopic (exact) mass is 373 g/mol. The number of carbonyl (C=O) groups is 1. The third-order valence-electron chi connectivity index (χ3n) is 5.07. The number of rotatable bonds is 6. The van der Waals surface area contributed by atoms with Crippen LogP contribution in [0, 0.1) is 13.8 Å². The molecule has 0 aromatic carbocycles. The Kier molecular flexibility index (Phi) is 6.18. The molecule has 27 heavy (non-hydrogen) atoms. The van der Waals surface area contributed by atoms with Crippen molar-refractivity contribution in [3.63, 3.8) is 0 Å². The third kappa shape index (κ3) is 4.51. The van der Waals surface area contributed by atoms with Gasteiger partial charge in [0.15, 0.2) is 0 Å². The van der Waals surface area contributed by atoms with E-state index >= 15 is 0 Å². The molecule has 1 aliphatic rings. The molecule has 1 saturated heterocycles. The van der Waals surface area contributed by atoms with Crippen LogP contribution in [0.4, 0.5) is 0 Å². The van der Waals surface area contributed by atoms with Crippen LogP contribution in [0.1, 0.15) is 52.8 Å². The lowest BCUT2D eigenvalue weighted by atomic mass is 10.00. The van der Waals surface area contributed by atoms with Crippen LogP contribution in [0.15, 0.2) is 17.0 Å². The molecule has 3 rings (SSSR count). The maximum atomic E-state index is 12.6. The first-order valence-electron chi connectivity index (χ1n) is 9.41. The number of aliphatic hydroxyl groups is 1. The lowest BCUT2D eigenvalue weighted by Crippen LogP contribution is -2.53. The number of aryl methyl sites for hydroxylation is 3. The van der Waals surface area contributed by atoms with Gasteiger partial charge in [-0.15, -0.1) is 0 Å². The minimum Gasteiger partial charge on any atom is -0.390 e. The Bertz CT molecular complexity index is 772. The van der Waals surface area contributed by atoms with Gasteiger partial charge >= 0.3 is 0 Å². The van der Waals surface area contributed by atoms with E-state index in [-0.39, 0.29) is 11.9 Å². The summed E-state index contributed by atoms with van der Waals surface area (Å²) in [6.45, 7) is 7.81. The van der Waals surface area contributed by atoms with Crippen LogP contribution in [0.3, 0.4) is 0 Å². The van der Waals surface area contributed by atoms with Gasteiger partial charge in [0.25, 0.3) is 5.91 Å². The predicted octanol–water partition coefficient (Wildman–Crippen LogP) is 1.40. The maximum absolute atomic E-state index is 12.6. The normalized spacial score (nSPS) is 20.6. The first kappa shape index (κ1) is 19.4. The average Bonchev–Trinajstić information content (AvgIpc) is 2.96. The molecular formula is C19H27N5O3. The summed E-state index contributed by atoms with van der Waals surface area (Å²) in [6.07, 6.45) is 4.68. The number of β-amino-alcohol motifs (C(OH)–C–C–N with tert-alkyl or cyclic N) is 1. The molecule has 3 heterocycles. The van der Waals surface area contributed by atoms with Crippen LogP contribution in [0.5, 0.6) is 0 Å². The molecule has 0 saturated carbocycles. The number of hydrogen-bond donors (Lipinski definition) is 2. The van der Waals surface area contributed by atoms with E-state index in [0.717, 1.165) is 42.1 Å². The highest BCUT2D eigenvalue weighted by Crippen LogP contribution is 2.19. The Morgan fingerprint density at radius 3 is 2.93 bits per heavy atom. The summed E-state index contributed by atoms with van der Waals surface area (Å²) < 4.78 is 5.21. The van der Waals surface area contributed by atoms with Crippen molar-refractivity contribution in [3.05, 3.63) is 40.8 Å². The second kappa shape index (κ2) is 8.58. The van der Waals surface area contributed by atoms with E-state index in [4.69, 9.17) is 4.52 Å². The lowest BCUT2D eigenvalue weighted by Gasteiger charge is -2.36. The topological polar surface area (TPSA) is 104 Å². The highest BCUT2D eigenvalue weighted by atomic mass is 16.5. The van der Waals surface area contributed by atoms with Gasteiger partial charge in [-0.05, 0) is 26.7 Å². The number of carbonyl (C=O) groups excluding carboxylic acids is 1. The van der Waals surface area contributed by atoms with Crippen molar-refractivity contribution in [1.82, 2.24) is 25.3 Å². The zero-order valence-electron chi connectivity index (χ0n) is 16.1. The molecule has 0 spiro atoms. The molecule has 146 valence electrons. The second-order valence-electron chi connectivity index (χ2n) is 7.11. The van der Waals surface area contributed by atoms with E-state index in [1.165, 1.54) is 6.33 Å². The molecular weight excluding hydrogens is 346 g/mol. The zero-order valence-corrected chi connectivity index (χ0v) is 16.1. The Morgan fingerprint density at radius 1 is 1.44 bits per heavy atom. The number of piperidine rings is 1. The van der Waals surface area contributed by atoms with E-state index in [1.54, 1.807) is 6.20 Å². The Balaban J connectivity index is 1.60. The molecule has 2 aromatic heterocycles.